The van der Waals surface area contributed by atoms with Gasteiger partial charge in [-0.2, -0.15) is 12.6 Å². The molecule has 15 nitrogen and oxygen atoms in total. The van der Waals surface area contributed by atoms with Crippen LogP contribution in [-0.4, -0.2) is 120 Å². The van der Waals surface area contributed by atoms with E-state index in [9.17, 15) is 24.0 Å². The van der Waals surface area contributed by atoms with Gasteiger partial charge in [-0.15, -0.1) is 0 Å². The average Bonchev–Trinajstić information content (AvgIpc) is 2.86. The lowest BCUT2D eigenvalue weighted by Gasteiger charge is -2.12. The van der Waals surface area contributed by atoms with Crippen LogP contribution in [0.15, 0.2) is 0 Å². The van der Waals surface area contributed by atoms with Gasteiger partial charge in [0.05, 0.1) is 72.5 Å². The molecule has 0 aliphatic heterocycles. The fourth-order valence-corrected chi connectivity index (χ4v) is 2.49. The number of carbonyl (C=O) groups is 5. The molecule has 0 radical (unpaired) electrons. The van der Waals surface area contributed by atoms with Crippen molar-refractivity contribution in [3.8, 4) is 0 Å². The number of amides is 5. The molecular formula is C20H38N6O9S. The second-order valence-electron chi connectivity index (χ2n) is 7.01. The Morgan fingerprint density at radius 1 is 0.667 bits per heavy atom. The molecule has 0 spiro atoms. The average molecular weight is 539 g/mol. The van der Waals surface area contributed by atoms with Gasteiger partial charge in [-0.05, 0) is 0 Å². The van der Waals surface area contributed by atoms with E-state index in [0.717, 1.165) is 0 Å². The number of carbonyl (C=O) groups excluding carboxylic acids is 5. The second-order valence-corrected chi connectivity index (χ2v) is 7.38. The first kappa shape index (κ1) is 33.5. The van der Waals surface area contributed by atoms with Crippen molar-refractivity contribution < 1.29 is 42.9 Å². The molecule has 0 aromatic carbocycles. The molecule has 36 heavy (non-hydrogen) atoms. The molecule has 0 fully saturated rings. The molecule has 0 aliphatic carbocycles. The summed E-state index contributed by atoms with van der Waals surface area (Å²) in [5, 5.41) is 9.68. The molecule has 208 valence electrons. The second kappa shape index (κ2) is 22.9. The number of hydrogen-bond donors (Lipinski definition) is 7. The summed E-state index contributed by atoms with van der Waals surface area (Å²) in [6.07, 6.45) is 0.0947. The zero-order valence-electron chi connectivity index (χ0n) is 20.3. The van der Waals surface area contributed by atoms with Gasteiger partial charge in [-0.25, -0.2) is 0 Å². The van der Waals surface area contributed by atoms with Gasteiger partial charge in [0.2, 0.25) is 29.5 Å². The monoisotopic (exact) mass is 538 g/mol. The van der Waals surface area contributed by atoms with Gasteiger partial charge in [0, 0.05) is 18.7 Å². The molecule has 8 N–H and O–H groups in total. The number of nitrogens with two attached hydrogens (primary N) is 2. The summed E-state index contributed by atoms with van der Waals surface area (Å²) in [7, 11) is 0. The van der Waals surface area contributed by atoms with E-state index in [-0.39, 0.29) is 63.4 Å². The maximum Gasteiger partial charge on any atom is 0.240 e. The van der Waals surface area contributed by atoms with Crippen LogP contribution in [0.4, 0.5) is 0 Å². The minimum atomic E-state index is -0.799. The standard InChI is InChI=1S/C20H38N6O9S/c21-11-17(28)24-13-19(30)25-12-18(29)23-2-4-33-6-8-35-10-9-34-7-5-32-3-1-16(27)26-15(14-36)20(22)31/h15,36H,1-14,21H2,(H2,22,31)(H,23,29)(H,24,28)(H,25,30)(H,26,27). The Bertz CT molecular complexity index is 672. The van der Waals surface area contributed by atoms with Crippen molar-refractivity contribution in [1.29, 1.82) is 0 Å². The lowest BCUT2D eigenvalue weighted by Crippen LogP contribution is -2.45. The summed E-state index contributed by atoms with van der Waals surface area (Å²) in [6, 6.07) is -0.799. The first-order valence-electron chi connectivity index (χ1n) is 11.3. The SMILES string of the molecule is NCC(=O)NCC(=O)NCC(=O)NCCOCCOCCOCCOCCC(=O)NC(CS)C(N)=O. The molecule has 0 bridgehead atoms. The molecule has 16 heteroatoms. The third-order valence-corrected chi connectivity index (χ3v) is 4.46. The van der Waals surface area contributed by atoms with Crippen LogP contribution in [-0.2, 0) is 42.9 Å². The summed E-state index contributed by atoms with van der Waals surface area (Å²) in [5.41, 5.74) is 10.2. The Hall–Kier alpha value is -2.50. The molecule has 0 heterocycles. The Morgan fingerprint density at radius 3 is 1.64 bits per heavy atom. The lowest BCUT2D eigenvalue weighted by molar-refractivity contribution is -0.127. The zero-order valence-corrected chi connectivity index (χ0v) is 21.1. The number of primary amides is 1. The van der Waals surface area contributed by atoms with Gasteiger partial charge in [0.1, 0.15) is 6.04 Å². The molecule has 1 atom stereocenters. The lowest BCUT2D eigenvalue weighted by atomic mass is 10.3. The highest BCUT2D eigenvalue weighted by Gasteiger charge is 2.15. The Labute approximate surface area is 215 Å². The van der Waals surface area contributed by atoms with Crippen LogP contribution >= 0.6 is 12.6 Å². The molecule has 5 amide bonds. The first-order valence-corrected chi connectivity index (χ1v) is 11.9. The minimum Gasteiger partial charge on any atom is -0.379 e. The molecule has 0 saturated heterocycles. The first-order chi connectivity index (χ1) is 17.3. The molecule has 0 rings (SSSR count). The largest absolute Gasteiger partial charge is 0.379 e. The number of thiol groups is 1. The van der Waals surface area contributed by atoms with Crippen LogP contribution < -0.4 is 32.7 Å². The van der Waals surface area contributed by atoms with E-state index in [0.29, 0.717) is 39.6 Å². The van der Waals surface area contributed by atoms with E-state index in [4.69, 9.17) is 30.4 Å². The van der Waals surface area contributed by atoms with Crippen LogP contribution in [0, 0.1) is 0 Å². The van der Waals surface area contributed by atoms with Crippen molar-refractivity contribution in [3.05, 3.63) is 0 Å². The topological polar surface area (TPSA) is 222 Å². The quantitative estimate of drug-likeness (QED) is 0.0489. The Balaban J connectivity index is 3.40. The van der Waals surface area contributed by atoms with E-state index in [1.165, 1.54) is 0 Å². The number of ether oxygens (including phenoxy) is 4. The highest BCUT2D eigenvalue weighted by molar-refractivity contribution is 7.80. The summed E-state index contributed by atoms with van der Waals surface area (Å²) < 4.78 is 21.3. The Morgan fingerprint density at radius 2 is 1.14 bits per heavy atom. The number of nitrogens with one attached hydrogen (secondary N) is 4. The van der Waals surface area contributed by atoms with Crippen molar-refractivity contribution in [3.63, 3.8) is 0 Å². The highest BCUT2D eigenvalue weighted by Crippen LogP contribution is 1.91. The molecule has 0 aromatic rings. The summed E-state index contributed by atoms with van der Waals surface area (Å²) in [4.78, 5) is 56.6. The molecule has 0 aromatic heterocycles. The van der Waals surface area contributed by atoms with Crippen LogP contribution in [0.1, 0.15) is 6.42 Å². The fourth-order valence-electron chi connectivity index (χ4n) is 2.22. The third kappa shape index (κ3) is 20.8. The molecule has 1 unspecified atom stereocenters. The van der Waals surface area contributed by atoms with Gasteiger partial charge < -0.3 is 51.7 Å². The smallest absolute Gasteiger partial charge is 0.240 e. The van der Waals surface area contributed by atoms with E-state index < -0.39 is 23.8 Å². The van der Waals surface area contributed by atoms with Crippen LogP contribution in [0.2, 0.25) is 0 Å². The van der Waals surface area contributed by atoms with E-state index in [1.807, 2.05) is 0 Å². The molecule has 0 saturated carbocycles. The number of rotatable bonds is 23. The molecular weight excluding hydrogens is 500 g/mol. The summed E-state index contributed by atoms with van der Waals surface area (Å²) >= 11 is 3.94. The maximum atomic E-state index is 11.6. The van der Waals surface area contributed by atoms with Gasteiger partial charge in [-0.1, -0.05) is 0 Å². The highest BCUT2D eigenvalue weighted by atomic mass is 32.1. The summed E-state index contributed by atoms with van der Waals surface area (Å²) in [5.74, 6) is -2.20. The Kier molecular flexibility index (Phi) is 21.3. The fraction of sp³-hybridized carbons (Fsp3) is 0.750. The minimum absolute atomic E-state index is 0.0947. The van der Waals surface area contributed by atoms with Crippen molar-refractivity contribution in [2.24, 2.45) is 11.5 Å². The van der Waals surface area contributed by atoms with Gasteiger partial charge in [-0.3, -0.25) is 24.0 Å². The van der Waals surface area contributed by atoms with Crippen molar-refractivity contribution in [2.45, 2.75) is 12.5 Å². The van der Waals surface area contributed by atoms with E-state index >= 15 is 0 Å². The third-order valence-electron chi connectivity index (χ3n) is 4.10. The van der Waals surface area contributed by atoms with Gasteiger partial charge in [0.25, 0.3) is 0 Å². The van der Waals surface area contributed by atoms with Crippen molar-refractivity contribution in [1.82, 2.24) is 21.3 Å². The van der Waals surface area contributed by atoms with Gasteiger partial charge >= 0.3 is 0 Å². The van der Waals surface area contributed by atoms with Crippen LogP contribution in [0.25, 0.3) is 0 Å². The van der Waals surface area contributed by atoms with E-state index in [1.54, 1.807) is 0 Å². The predicted octanol–water partition coefficient (Wildman–Crippen LogP) is -4.35. The van der Waals surface area contributed by atoms with Gasteiger partial charge in [0.15, 0.2) is 0 Å². The maximum absolute atomic E-state index is 11.6. The zero-order chi connectivity index (χ0) is 27.0. The number of hydrogen-bond acceptors (Lipinski definition) is 11. The van der Waals surface area contributed by atoms with Crippen LogP contribution in [0.3, 0.4) is 0 Å². The normalized spacial score (nSPS) is 11.4. The van der Waals surface area contributed by atoms with Crippen molar-refractivity contribution in [2.75, 3.05) is 84.8 Å². The summed E-state index contributed by atoms with van der Waals surface area (Å²) in [6.45, 7) is 2.12. The van der Waals surface area contributed by atoms with E-state index in [2.05, 4.69) is 33.9 Å². The molecule has 0 aliphatic rings. The van der Waals surface area contributed by atoms with Crippen molar-refractivity contribution >= 4 is 42.2 Å². The van der Waals surface area contributed by atoms with Crippen LogP contribution in [0.5, 0.6) is 0 Å². The predicted molar refractivity (Wildman–Crippen MR) is 131 cm³/mol.